The monoisotopic (exact) mass is 674 g/mol. The summed E-state index contributed by atoms with van der Waals surface area (Å²) in [6.45, 7) is 28.8. The van der Waals surface area contributed by atoms with Crippen LogP contribution in [0.5, 0.6) is 5.88 Å². The van der Waals surface area contributed by atoms with Gasteiger partial charge in [0.05, 0.1) is 0 Å². The molecule has 2 aliphatic rings. The summed E-state index contributed by atoms with van der Waals surface area (Å²) in [4.78, 5) is 22.4. The quantitative estimate of drug-likeness (QED) is 0.226. The van der Waals surface area contributed by atoms with Gasteiger partial charge in [-0.05, 0) is 107 Å². The number of hydrogen-bond donors (Lipinski definition) is 0. The lowest BCUT2D eigenvalue weighted by Gasteiger charge is -2.58. The topological polar surface area (TPSA) is 64.6 Å². The van der Waals surface area contributed by atoms with Crippen LogP contribution in [-0.2, 0) is 4.74 Å². The van der Waals surface area contributed by atoms with E-state index in [-0.39, 0.29) is 17.8 Å². The van der Waals surface area contributed by atoms with E-state index in [4.69, 9.17) is 9.47 Å². The van der Waals surface area contributed by atoms with Gasteiger partial charge in [-0.2, -0.15) is 0 Å². The number of carbonyl (C=O) groups excluding carboxylic acids is 1. The predicted molar refractivity (Wildman–Crippen MR) is 207 cm³/mol. The zero-order chi connectivity index (χ0) is 36.8. The first-order chi connectivity index (χ1) is 23.3. The van der Waals surface area contributed by atoms with Crippen LogP contribution in [0.1, 0.15) is 126 Å². The summed E-state index contributed by atoms with van der Waals surface area (Å²) in [6.07, 6.45) is 12.9. The number of hydrogen-bond acceptors (Lipinski definition) is 5. The van der Waals surface area contributed by atoms with Crippen LogP contribution in [0.4, 0.5) is 4.79 Å². The Labute approximate surface area is 299 Å². The Morgan fingerprint density at radius 2 is 1.55 bits per heavy atom. The maximum Gasteiger partial charge on any atom is 0.410 e. The molecule has 3 heterocycles. The highest BCUT2D eigenvalue weighted by atomic mass is 16.6. The molecule has 0 radical (unpaired) electrons. The second-order valence-corrected chi connectivity index (χ2v) is 14.5. The number of likely N-dealkylation sites (tertiary alicyclic amines) is 1. The summed E-state index contributed by atoms with van der Waals surface area (Å²) in [5.41, 5.74) is 7.25. The molecule has 5 rings (SSSR count). The predicted octanol–water partition coefficient (Wildman–Crippen LogP) is 12.1. The highest BCUT2D eigenvalue weighted by molar-refractivity contribution is 5.74. The van der Waals surface area contributed by atoms with Gasteiger partial charge in [-0.25, -0.2) is 9.78 Å². The average molecular weight is 674 g/mol. The number of rotatable bonds is 9. The minimum Gasteiger partial charge on any atom is -0.474 e. The van der Waals surface area contributed by atoms with Crippen molar-refractivity contribution in [2.75, 3.05) is 13.1 Å². The van der Waals surface area contributed by atoms with Gasteiger partial charge in [0.2, 0.25) is 5.88 Å². The van der Waals surface area contributed by atoms with Gasteiger partial charge in [0.25, 0.3) is 0 Å². The van der Waals surface area contributed by atoms with Gasteiger partial charge < -0.3 is 14.4 Å². The zero-order valence-corrected chi connectivity index (χ0v) is 33.2. The van der Waals surface area contributed by atoms with Gasteiger partial charge in [0.15, 0.2) is 0 Å². The standard InChI is InChI=1S/C26H32N2O.C13H23NO2.2C2H6/c1-6-18(3)14-23(7-2)29-26-11-9-22(16-28-26)21-8-10-24(20(5)15-21)25-17-27-13-12-19(25)4;1-5-10-6-13(7-10)8-14(9-13)11(15)16-12(2,3)4;2*1-2/h8-13,15-18,23H,6-7,14H2,1-5H3;10H,5-9H2,1-4H3;2*1-2H3. The lowest BCUT2D eigenvalue weighted by molar-refractivity contribution is -0.0955. The molecule has 1 aromatic carbocycles. The van der Waals surface area contributed by atoms with Gasteiger partial charge in [-0.15, -0.1) is 0 Å². The maximum absolute atomic E-state index is 11.7. The Morgan fingerprint density at radius 1 is 0.898 bits per heavy atom. The van der Waals surface area contributed by atoms with Crippen molar-refractivity contribution in [2.45, 2.75) is 140 Å². The lowest BCUT2D eigenvalue weighted by Crippen LogP contribution is -2.64. The van der Waals surface area contributed by atoms with Gasteiger partial charge in [0.1, 0.15) is 11.7 Å². The van der Waals surface area contributed by atoms with E-state index < -0.39 is 0 Å². The van der Waals surface area contributed by atoms with Crippen molar-refractivity contribution in [3.8, 4) is 28.1 Å². The van der Waals surface area contributed by atoms with Crippen molar-refractivity contribution in [1.29, 1.82) is 0 Å². The molecular formula is C43H67N3O3. The SMILES string of the molecule is CC.CC.CCC(C)CC(CC)Oc1ccc(-c2ccc(-c3cnccc3C)c(C)c2)cn1.CCC1CC2(C1)CN(C(=O)OC(C)(C)C)C2. The summed E-state index contributed by atoms with van der Waals surface area (Å²) in [7, 11) is 0. The Hall–Kier alpha value is -3.41. The van der Waals surface area contributed by atoms with E-state index in [1.54, 1.807) is 0 Å². The Kier molecular flexibility index (Phi) is 16.8. The largest absolute Gasteiger partial charge is 0.474 e. The maximum atomic E-state index is 11.7. The molecule has 49 heavy (non-hydrogen) atoms. The highest BCUT2D eigenvalue weighted by Gasteiger charge is 2.53. The second kappa shape index (κ2) is 19.7. The van der Waals surface area contributed by atoms with Crippen LogP contribution < -0.4 is 4.74 Å². The summed E-state index contributed by atoms with van der Waals surface area (Å²) < 4.78 is 11.5. The Balaban J connectivity index is 0.000000351. The van der Waals surface area contributed by atoms with Crippen LogP contribution in [-0.4, -0.2) is 45.8 Å². The molecule has 272 valence electrons. The van der Waals surface area contributed by atoms with Crippen molar-refractivity contribution in [3.63, 3.8) is 0 Å². The highest BCUT2D eigenvalue weighted by Crippen LogP contribution is 2.53. The Bertz CT molecular complexity index is 1400. The molecule has 1 aliphatic carbocycles. The summed E-state index contributed by atoms with van der Waals surface area (Å²) in [5.74, 6) is 2.29. The van der Waals surface area contributed by atoms with E-state index in [1.807, 2.05) is 78.0 Å². The van der Waals surface area contributed by atoms with Crippen LogP contribution in [0, 0.1) is 31.1 Å². The van der Waals surface area contributed by atoms with Crippen molar-refractivity contribution in [2.24, 2.45) is 17.3 Å². The van der Waals surface area contributed by atoms with E-state index in [2.05, 4.69) is 81.8 Å². The fourth-order valence-corrected chi connectivity index (χ4v) is 6.53. The van der Waals surface area contributed by atoms with Gasteiger partial charge in [-0.1, -0.05) is 86.4 Å². The molecule has 1 saturated carbocycles. The number of aromatic nitrogens is 2. The molecule has 1 amide bonds. The smallest absolute Gasteiger partial charge is 0.410 e. The molecule has 1 aliphatic heterocycles. The van der Waals surface area contributed by atoms with E-state index >= 15 is 0 Å². The first kappa shape index (κ1) is 41.8. The van der Waals surface area contributed by atoms with E-state index in [0.29, 0.717) is 17.2 Å². The molecule has 3 aromatic rings. The summed E-state index contributed by atoms with van der Waals surface area (Å²) in [5, 5.41) is 0. The first-order valence-corrected chi connectivity index (χ1v) is 19.0. The number of amides is 1. The van der Waals surface area contributed by atoms with Crippen molar-refractivity contribution >= 4 is 6.09 Å². The van der Waals surface area contributed by atoms with Crippen molar-refractivity contribution < 1.29 is 14.3 Å². The summed E-state index contributed by atoms with van der Waals surface area (Å²) >= 11 is 0. The number of ether oxygens (including phenoxy) is 2. The zero-order valence-electron chi connectivity index (χ0n) is 33.2. The van der Waals surface area contributed by atoms with Gasteiger partial charge >= 0.3 is 6.09 Å². The number of aryl methyl sites for hydroxylation is 2. The number of benzene rings is 1. The summed E-state index contributed by atoms with van der Waals surface area (Å²) in [6, 6.07) is 12.7. The van der Waals surface area contributed by atoms with Gasteiger partial charge in [-0.3, -0.25) is 4.98 Å². The van der Waals surface area contributed by atoms with Crippen LogP contribution in [0.15, 0.2) is 55.0 Å². The molecule has 1 saturated heterocycles. The molecule has 2 aromatic heterocycles. The van der Waals surface area contributed by atoms with E-state index in [9.17, 15) is 4.79 Å². The molecule has 2 atom stereocenters. The number of pyridine rings is 2. The van der Waals surface area contributed by atoms with Crippen LogP contribution >= 0.6 is 0 Å². The minimum absolute atomic E-state index is 0.141. The van der Waals surface area contributed by atoms with Gasteiger partial charge in [0, 0.05) is 54.3 Å². The average Bonchev–Trinajstić information content (AvgIpc) is 3.05. The van der Waals surface area contributed by atoms with Crippen LogP contribution in [0.2, 0.25) is 0 Å². The number of carbonyl (C=O) groups is 1. The first-order valence-electron chi connectivity index (χ1n) is 19.0. The molecule has 6 nitrogen and oxygen atoms in total. The van der Waals surface area contributed by atoms with Crippen molar-refractivity contribution in [3.05, 3.63) is 66.1 Å². The molecular weight excluding hydrogens is 606 g/mol. The third kappa shape index (κ3) is 12.2. The third-order valence-corrected chi connectivity index (χ3v) is 9.46. The third-order valence-electron chi connectivity index (χ3n) is 9.46. The second-order valence-electron chi connectivity index (χ2n) is 14.5. The normalized spacial score (nSPS) is 15.8. The molecule has 1 spiro atoms. The fourth-order valence-electron chi connectivity index (χ4n) is 6.53. The van der Waals surface area contributed by atoms with Crippen molar-refractivity contribution in [1.82, 2.24) is 14.9 Å². The van der Waals surface area contributed by atoms with Crippen LogP contribution in [0.3, 0.4) is 0 Å². The molecule has 2 unspecified atom stereocenters. The minimum atomic E-state index is -0.370. The molecule has 6 heteroatoms. The van der Waals surface area contributed by atoms with E-state index in [0.717, 1.165) is 37.4 Å². The van der Waals surface area contributed by atoms with E-state index in [1.165, 1.54) is 53.5 Å². The molecule has 2 fully saturated rings. The fraction of sp³-hybridized carbons (Fsp3) is 0.605. The molecule has 0 bridgehead atoms. The van der Waals surface area contributed by atoms with Crippen LogP contribution in [0.25, 0.3) is 22.3 Å². The lowest BCUT2D eigenvalue weighted by atomic mass is 9.57. The number of nitrogens with zero attached hydrogens (tertiary/aromatic N) is 3. The Morgan fingerprint density at radius 3 is 2.06 bits per heavy atom. The molecule has 0 N–H and O–H groups in total.